The molecular formula is C23H36N2O4. The summed E-state index contributed by atoms with van der Waals surface area (Å²) in [6, 6.07) is 8.20. The summed E-state index contributed by atoms with van der Waals surface area (Å²) in [6.45, 7) is 9.98. The Morgan fingerprint density at radius 2 is 1.72 bits per heavy atom. The van der Waals surface area contributed by atoms with Gasteiger partial charge in [-0.1, -0.05) is 12.1 Å². The topological polar surface area (TPSA) is 67.9 Å². The van der Waals surface area contributed by atoms with Gasteiger partial charge in [-0.3, -0.25) is 9.59 Å². The minimum atomic E-state index is -0.115. The van der Waals surface area contributed by atoms with Crippen molar-refractivity contribution < 1.29 is 19.1 Å². The number of carbonyl (C=O) groups is 2. The van der Waals surface area contributed by atoms with Gasteiger partial charge in [0.05, 0.1) is 6.61 Å². The first kappa shape index (κ1) is 23.2. The van der Waals surface area contributed by atoms with Gasteiger partial charge in [0, 0.05) is 51.1 Å². The Balaban J connectivity index is 1.90. The second-order valence-corrected chi connectivity index (χ2v) is 7.55. The van der Waals surface area contributed by atoms with Gasteiger partial charge in [0.25, 0.3) is 0 Å². The molecule has 2 rings (SSSR count). The van der Waals surface area contributed by atoms with E-state index in [9.17, 15) is 9.59 Å². The van der Waals surface area contributed by atoms with Crippen LogP contribution in [-0.4, -0.2) is 56.2 Å². The maximum absolute atomic E-state index is 12.4. The minimum absolute atomic E-state index is 0.00847. The zero-order valence-corrected chi connectivity index (χ0v) is 18.2. The van der Waals surface area contributed by atoms with Gasteiger partial charge in [0.15, 0.2) is 0 Å². The first-order valence-electron chi connectivity index (χ1n) is 10.9. The van der Waals surface area contributed by atoms with Crippen LogP contribution in [0.4, 0.5) is 0 Å². The van der Waals surface area contributed by atoms with E-state index in [1.807, 2.05) is 32.9 Å². The lowest BCUT2D eigenvalue weighted by atomic mass is 9.74. The lowest BCUT2D eigenvalue weighted by Crippen LogP contribution is -2.44. The second kappa shape index (κ2) is 11.8. The summed E-state index contributed by atoms with van der Waals surface area (Å²) < 4.78 is 11.1. The number of rotatable bonds is 11. The van der Waals surface area contributed by atoms with Crippen LogP contribution in [0.3, 0.4) is 0 Å². The molecule has 1 N–H and O–H groups in total. The van der Waals surface area contributed by atoms with Crippen LogP contribution in [-0.2, 0) is 19.7 Å². The third-order valence-electron chi connectivity index (χ3n) is 5.76. The predicted molar refractivity (Wildman–Crippen MR) is 114 cm³/mol. The van der Waals surface area contributed by atoms with Crippen molar-refractivity contribution in [1.29, 1.82) is 0 Å². The summed E-state index contributed by atoms with van der Waals surface area (Å²) in [7, 11) is 0. The van der Waals surface area contributed by atoms with Crippen LogP contribution in [0.1, 0.15) is 58.4 Å². The van der Waals surface area contributed by atoms with E-state index in [0.717, 1.165) is 18.6 Å². The van der Waals surface area contributed by atoms with Gasteiger partial charge in [-0.2, -0.15) is 0 Å². The number of benzene rings is 1. The molecule has 6 nitrogen and oxygen atoms in total. The molecule has 1 aromatic rings. The Bertz CT molecular complexity index is 635. The fourth-order valence-electron chi connectivity index (χ4n) is 3.89. The van der Waals surface area contributed by atoms with Crippen LogP contribution < -0.4 is 10.1 Å². The van der Waals surface area contributed by atoms with Crippen molar-refractivity contribution in [3.8, 4) is 5.75 Å². The van der Waals surface area contributed by atoms with Crippen molar-refractivity contribution >= 4 is 11.8 Å². The number of ether oxygens (including phenoxy) is 2. The predicted octanol–water partition coefficient (Wildman–Crippen LogP) is 3.29. The molecule has 0 radical (unpaired) electrons. The molecule has 29 heavy (non-hydrogen) atoms. The Morgan fingerprint density at radius 3 is 2.31 bits per heavy atom. The molecule has 162 valence electrons. The Hall–Kier alpha value is -2.08. The molecule has 0 bridgehead atoms. The van der Waals surface area contributed by atoms with Crippen LogP contribution in [0.15, 0.2) is 24.3 Å². The van der Waals surface area contributed by atoms with Gasteiger partial charge >= 0.3 is 0 Å². The molecule has 0 spiro atoms. The van der Waals surface area contributed by atoms with Crippen molar-refractivity contribution in [1.82, 2.24) is 10.2 Å². The maximum atomic E-state index is 12.4. The number of hydrogen-bond donors (Lipinski definition) is 1. The third kappa shape index (κ3) is 6.74. The lowest BCUT2D eigenvalue weighted by Gasteiger charge is -2.38. The molecule has 1 heterocycles. The quantitative estimate of drug-likeness (QED) is 0.615. The first-order valence-corrected chi connectivity index (χ1v) is 10.9. The molecule has 1 aromatic carbocycles. The van der Waals surface area contributed by atoms with E-state index in [-0.39, 0.29) is 17.2 Å². The van der Waals surface area contributed by atoms with Crippen molar-refractivity contribution in [2.75, 3.05) is 39.5 Å². The van der Waals surface area contributed by atoms with Gasteiger partial charge in [0.1, 0.15) is 5.75 Å². The van der Waals surface area contributed by atoms with Gasteiger partial charge in [0.2, 0.25) is 11.8 Å². The highest BCUT2D eigenvalue weighted by Crippen LogP contribution is 2.35. The SMILES string of the molecule is CCOc1ccc(C2(CNC(=O)CCCC(=O)N(CC)CC)CCOCC2)cc1. The lowest BCUT2D eigenvalue weighted by molar-refractivity contribution is -0.131. The zero-order chi connectivity index (χ0) is 21.1. The van der Waals surface area contributed by atoms with Crippen LogP contribution in [0.2, 0.25) is 0 Å². The third-order valence-corrected chi connectivity index (χ3v) is 5.76. The van der Waals surface area contributed by atoms with E-state index in [4.69, 9.17) is 9.47 Å². The Labute approximate surface area is 174 Å². The summed E-state index contributed by atoms with van der Waals surface area (Å²) in [5.74, 6) is 0.993. The van der Waals surface area contributed by atoms with Gasteiger partial charge in [-0.05, 0) is 57.7 Å². The molecular weight excluding hydrogens is 368 g/mol. The van der Waals surface area contributed by atoms with Crippen LogP contribution in [0.5, 0.6) is 5.75 Å². The Morgan fingerprint density at radius 1 is 1.07 bits per heavy atom. The number of nitrogens with one attached hydrogen (secondary N) is 1. The van der Waals surface area contributed by atoms with E-state index in [2.05, 4.69) is 17.4 Å². The van der Waals surface area contributed by atoms with Crippen molar-refractivity contribution in [2.45, 2.75) is 58.3 Å². The molecule has 0 aliphatic carbocycles. The van der Waals surface area contributed by atoms with Gasteiger partial charge in [-0.15, -0.1) is 0 Å². The van der Waals surface area contributed by atoms with E-state index in [1.54, 1.807) is 4.90 Å². The summed E-state index contributed by atoms with van der Waals surface area (Å²) >= 11 is 0. The normalized spacial score (nSPS) is 15.6. The van der Waals surface area contributed by atoms with Crippen molar-refractivity contribution in [2.24, 2.45) is 0 Å². The maximum Gasteiger partial charge on any atom is 0.222 e. The highest BCUT2D eigenvalue weighted by molar-refractivity contribution is 5.79. The fraction of sp³-hybridized carbons (Fsp3) is 0.652. The molecule has 0 unspecified atom stereocenters. The molecule has 1 aliphatic rings. The van der Waals surface area contributed by atoms with E-state index < -0.39 is 0 Å². The summed E-state index contributed by atoms with van der Waals surface area (Å²) in [6.07, 6.45) is 3.14. The van der Waals surface area contributed by atoms with E-state index >= 15 is 0 Å². The standard InChI is InChI=1S/C23H36N2O4/c1-4-25(5-2)22(27)9-7-8-21(26)24-18-23(14-16-28-17-15-23)19-10-12-20(13-11-19)29-6-3/h10-13H,4-9,14-18H2,1-3H3,(H,24,26). The monoisotopic (exact) mass is 404 g/mol. The number of hydrogen-bond acceptors (Lipinski definition) is 4. The van der Waals surface area contributed by atoms with E-state index in [1.165, 1.54) is 5.56 Å². The molecule has 0 atom stereocenters. The van der Waals surface area contributed by atoms with Crippen LogP contribution in [0, 0.1) is 0 Å². The molecule has 2 amide bonds. The summed E-state index contributed by atoms with van der Waals surface area (Å²) in [4.78, 5) is 26.3. The number of carbonyl (C=O) groups excluding carboxylic acids is 2. The van der Waals surface area contributed by atoms with Gasteiger partial charge in [-0.25, -0.2) is 0 Å². The smallest absolute Gasteiger partial charge is 0.222 e. The molecule has 1 aliphatic heterocycles. The molecule has 0 saturated carbocycles. The fourth-order valence-corrected chi connectivity index (χ4v) is 3.89. The average Bonchev–Trinajstić information content (AvgIpc) is 2.74. The van der Waals surface area contributed by atoms with Crippen LogP contribution in [0.25, 0.3) is 0 Å². The van der Waals surface area contributed by atoms with Crippen molar-refractivity contribution in [3.63, 3.8) is 0 Å². The largest absolute Gasteiger partial charge is 0.494 e. The highest BCUT2D eigenvalue weighted by Gasteiger charge is 2.34. The Kier molecular flexibility index (Phi) is 9.45. The van der Waals surface area contributed by atoms with Crippen LogP contribution >= 0.6 is 0 Å². The van der Waals surface area contributed by atoms with Gasteiger partial charge < -0.3 is 19.7 Å². The summed E-state index contributed by atoms with van der Waals surface area (Å²) in [5, 5.41) is 3.11. The molecule has 6 heteroatoms. The molecule has 1 saturated heterocycles. The summed E-state index contributed by atoms with van der Waals surface area (Å²) in [5.41, 5.74) is 1.09. The van der Waals surface area contributed by atoms with E-state index in [0.29, 0.717) is 58.7 Å². The first-order chi connectivity index (χ1) is 14.0. The van der Waals surface area contributed by atoms with Crippen molar-refractivity contribution in [3.05, 3.63) is 29.8 Å². The second-order valence-electron chi connectivity index (χ2n) is 7.55. The number of amides is 2. The zero-order valence-electron chi connectivity index (χ0n) is 18.2. The number of nitrogens with zero attached hydrogens (tertiary/aromatic N) is 1. The molecule has 1 fully saturated rings. The minimum Gasteiger partial charge on any atom is -0.494 e. The molecule has 0 aromatic heterocycles. The average molecular weight is 405 g/mol. The highest BCUT2D eigenvalue weighted by atomic mass is 16.5.